The molecule has 0 bridgehead atoms. The second-order valence-electron chi connectivity index (χ2n) is 1.73. The van der Waals surface area contributed by atoms with Gasteiger partial charge in [0.25, 0.3) is 0 Å². The maximum absolute atomic E-state index is 10.4. The topological polar surface area (TPSA) is 57.5 Å². The van der Waals surface area contributed by atoms with Crippen molar-refractivity contribution in [1.29, 1.82) is 0 Å². The van der Waals surface area contributed by atoms with Crippen molar-refractivity contribution in [2.24, 2.45) is 0 Å². The molecule has 0 N–H and O–H groups in total. The minimum atomic E-state index is -0.343. The van der Waals surface area contributed by atoms with E-state index >= 15 is 0 Å². The molecule has 0 atom stereocenters. The number of nitrogens with zero attached hydrogens (tertiary/aromatic N) is 1. The zero-order valence-electron chi connectivity index (χ0n) is 6.09. The van der Waals surface area contributed by atoms with Crippen LogP contribution in [0.5, 0.6) is 0 Å². The highest BCUT2D eigenvalue weighted by Gasteiger charge is 2.00. The molecule has 0 aromatic heterocycles. The summed E-state index contributed by atoms with van der Waals surface area (Å²) in [6.07, 6.45) is 0.177. The third-order valence-electron chi connectivity index (χ3n) is 0.878. The van der Waals surface area contributed by atoms with Crippen molar-refractivity contribution in [3.8, 4) is 0 Å². The van der Waals surface area contributed by atoms with Gasteiger partial charge in [-0.2, -0.15) is 0 Å². The molecule has 0 aliphatic carbocycles. The summed E-state index contributed by atoms with van der Waals surface area (Å²) in [6, 6.07) is 0. The number of carbonyl (C=O) groups excluding carboxylic acids is 2. The molecule has 4 heteroatoms. The molecular formula is C6H10NO3. The van der Waals surface area contributed by atoms with Crippen LogP contribution >= 0.6 is 0 Å². The first-order valence-electron chi connectivity index (χ1n) is 2.91. The number of hydrogen-bond donors (Lipinski definition) is 0. The summed E-state index contributed by atoms with van der Waals surface area (Å²) < 4.78 is 4.32. The maximum atomic E-state index is 10.4. The fourth-order valence-electron chi connectivity index (χ4n) is 0.407. The van der Waals surface area contributed by atoms with Crippen molar-refractivity contribution in [2.45, 2.75) is 13.3 Å². The fourth-order valence-corrected chi connectivity index (χ4v) is 0.407. The van der Waals surface area contributed by atoms with Crippen LogP contribution in [0.15, 0.2) is 0 Å². The summed E-state index contributed by atoms with van der Waals surface area (Å²) in [5, 5.41) is 3.47. The van der Waals surface area contributed by atoms with Crippen molar-refractivity contribution in [3.63, 3.8) is 0 Å². The predicted octanol–water partition coefficient (Wildman–Crippen LogP) is -0.300. The minimum Gasteiger partial charge on any atom is -0.469 e. The number of esters is 1. The molecule has 0 fully saturated rings. The highest BCUT2D eigenvalue weighted by Crippen LogP contribution is 1.81. The number of amides is 1. The summed E-state index contributed by atoms with van der Waals surface area (Å²) in [6.45, 7) is 1.57. The Balaban J connectivity index is 3.20. The van der Waals surface area contributed by atoms with Crippen LogP contribution < -0.4 is 5.32 Å². The van der Waals surface area contributed by atoms with E-state index < -0.39 is 0 Å². The first kappa shape index (κ1) is 8.94. The largest absolute Gasteiger partial charge is 0.469 e. The van der Waals surface area contributed by atoms with Crippen LogP contribution in [-0.4, -0.2) is 25.5 Å². The molecule has 0 saturated carbocycles. The molecule has 0 saturated heterocycles. The lowest BCUT2D eigenvalue weighted by Crippen LogP contribution is -2.16. The molecule has 1 radical (unpaired) electrons. The molecular weight excluding hydrogens is 134 g/mol. The van der Waals surface area contributed by atoms with E-state index in [4.69, 9.17) is 0 Å². The van der Waals surface area contributed by atoms with E-state index in [0.717, 1.165) is 0 Å². The van der Waals surface area contributed by atoms with Gasteiger partial charge in [-0.15, -0.1) is 0 Å². The van der Waals surface area contributed by atoms with E-state index in [1.807, 2.05) is 0 Å². The summed E-state index contributed by atoms with van der Waals surface area (Å²) >= 11 is 0. The van der Waals surface area contributed by atoms with Gasteiger partial charge in [-0.1, -0.05) is 0 Å². The van der Waals surface area contributed by atoms with Crippen LogP contribution in [0.1, 0.15) is 13.3 Å². The fraction of sp³-hybridized carbons (Fsp3) is 0.667. The van der Waals surface area contributed by atoms with Gasteiger partial charge in [-0.25, -0.2) is 0 Å². The molecule has 0 aromatic carbocycles. The molecule has 57 valence electrons. The average Bonchev–Trinajstić information content (AvgIpc) is 1.87. The van der Waals surface area contributed by atoms with Crippen molar-refractivity contribution in [3.05, 3.63) is 0 Å². The minimum absolute atomic E-state index is 0.177. The average molecular weight is 144 g/mol. The van der Waals surface area contributed by atoms with Gasteiger partial charge in [-0.05, 0) is 0 Å². The summed E-state index contributed by atoms with van der Waals surface area (Å²) in [4.78, 5) is 20.6. The van der Waals surface area contributed by atoms with Gasteiger partial charge < -0.3 is 4.74 Å². The number of methoxy groups -OCH3 is 1. The predicted molar refractivity (Wildman–Crippen MR) is 34.3 cm³/mol. The van der Waals surface area contributed by atoms with Crippen molar-refractivity contribution in [2.75, 3.05) is 13.7 Å². The Labute approximate surface area is 59.6 Å². The molecule has 0 aromatic rings. The van der Waals surface area contributed by atoms with E-state index in [0.29, 0.717) is 0 Å². The zero-order valence-corrected chi connectivity index (χ0v) is 6.09. The Morgan fingerprint density at radius 3 is 2.50 bits per heavy atom. The first-order chi connectivity index (χ1) is 4.66. The Kier molecular flexibility index (Phi) is 4.28. The van der Waals surface area contributed by atoms with Crippen LogP contribution in [0.2, 0.25) is 0 Å². The van der Waals surface area contributed by atoms with E-state index in [9.17, 15) is 9.59 Å². The lowest BCUT2D eigenvalue weighted by atomic mass is 10.4. The van der Waals surface area contributed by atoms with Gasteiger partial charge in [0.1, 0.15) is 0 Å². The number of ether oxygens (including phenoxy) is 1. The molecule has 0 unspecified atom stereocenters. The summed E-state index contributed by atoms with van der Waals surface area (Å²) in [5.74, 6) is -0.603. The molecule has 0 spiro atoms. The highest BCUT2D eigenvalue weighted by molar-refractivity contribution is 5.74. The third kappa shape index (κ3) is 5.08. The van der Waals surface area contributed by atoms with Crippen LogP contribution in [0.4, 0.5) is 0 Å². The smallest absolute Gasteiger partial charge is 0.307 e. The Hall–Kier alpha value is -1.06. The lowest BCUT2D eigenvalue weighted by Gasteiger charge is -1.96. The molecule has 10 heavy (non-hydrogen) atoms. The van der Waals surface area contributed by atoms with Gasteiger partial charge in [0.05, 0.1) is 20.1 Å². The Morgan fingerprint density at radius 1 is 1.50 bits per heavy atom. The molecule has 1 amide bonds. The molecule has 0 rings (SSSR count). The molecule has 0 aliphatic rings. The van der Waals surface area contributed by atoms with Crippen molar-refractivity contribution >= 4 is 11.9 Å². The molecule has 4 nitrogen and oxygen atoms in total. The van der Waals surface area contributed by atoms with Gasteiger partial charge in [-0.3, -0.25) is 14.9 Å². The quantitative estimate of drug-likeness (QED) is 0.511. The van der Waals surface area contributed by atoms with Crippen LogP contribution in [0, 0.1) is 0 Å². The van der Waals surface area contributed by atoms with E-state index in [1.165, 1.54) is 14.0 Å². The van der Waals surface area contributed by atoms with E-state index in [1.54, 1.807) is 0 Å². The van der Waals surface area contributed by atoms with Gasteiger partial charge in [0.15, 0.2) is 0 Å². The lowest BCUT2D eigenvalue weighted by molar-refractivity contribution is -0.140. The third-order valence-corrected chi connectivity index (χ3v) is 0.878. The number of carbonyl (C=O) groups is 2. The second kappa shape index (κ2) is 4.78. The maximum Gasteiger partial charge on any atom is 0.307 e. The summed E-state index contributed by atoms with van der Waals surface area (Å²) in [5.41, 5.74) is 0. The SMILES string of the molecule is COC(=O)CC[N]C(C)=O. The second-order valence-corrected chi connectivity index (χ2v) is 1.73. The van der Waals surface area contributed by atoms with Crippen LogP contribution in [0.25, 0.3) is 0 Å². The van der Waals surface area contributed by atoms with Gasteiger partial charge in [0, 0.05) is 6.92 Å². The Bertz CT molecular complexity index is 133. The zero-order chi connectivity index (χ0) is 7.98. The highest BCUT2D eigenvalue weighted by atomic mass is 16.5. The Morgan fingerprint density at radius 2 is 2.10 bits per heavy atom. The first-order valence-corrected chi connectivity index (χ1v) is 2.91. The van der Waals surface area contributed by atoms with Crippen molar-refractivity contribution < 1.29 is 14.3 Å². The van der Waals surface area contributed by atoms with E-state index in [2.05, 4.69) is 10.1 Å². The summed E-state index contributed by atoms with van der Waals surface area (Å²) in [7, 11) is 1.30. The molecule has 0 aliphatic heterocycles. The van der Waals surface area contributed by atoms with Crippen LogP contribution in [0.3, 0.4) is 0 Å². The van der Waals surface area contributed by atoms with Gasteiger partial charge >= 0.3 is 5.97 Å². The van der Waals surface area contributed by atoms with E-state index in [-0.39, 0.29) is 24.8 Å². The standard InChI is InChI=1S/C6H10NO3/c1-5(8)7-4-3-6(9)10-2/h3-4H2,1-2H3. The monoisotopic (exact) mass is 144 g/mol. The number of rotatable bonds is 3. The molecule has 0 heterocycles. The van der Waals surface area contributed by atoms with Gasteiger partial charge in [0.2, 0.25) is 5.91 Å². The normalized spacial score (nSPS) is 8.60. The van der Waals surface area contributed by atoms with Crippen molar-refractivity contribution in [1.82, 2.24) is 5.32 Å². The van der Waals surface area contributed by atoms with Crippen LogP contribution in [-0.2, 0) is 14.3 Å². The number of hydrogen-bond acceptors (Lipinski definition) is 3.